The topological polar surface area (TPSA) is 36.4 Å². The van der Waals surface area contributed by atoms with Gasteiger partial charge in [0.05, 0.1) is 0 Å². The first-order valence-electron chi connectivity index (χ1n) is 5.58. The van der Waals surface area contributed by atoms with Crippen LogP contribution in [0.4, 0.5) is 0 Å². The van der Waals surface area contributed by atoms with Crippen molar-refractivity contribution < 1.29 is 32.7 Å². The van der Waals surface area contributed by atoms with Crippen LogP contribution in [0.3, 0.4) is 0 Å². The summed E-state index contributed by atoms with van der Waals surface area (Å²) in [7, 11) is 0. The summed E-state index contributed by atoms with van der Waals surface area (Å²) in [5, 5.41) is 0. The van der Waals surface area contributed by atoms with Crippen molar-refractivity contribution in [3.8, 4) is 0 Å². The minimum absolute atomic E-state index is 0. The van der Waals surface area contributed by atoms with Crippen molar-refractivity contribution in [2.45, 2.75) is 25.4 Å². The number of nitrogens with one attached hydrogen (secondary N) is 2. The van der Waals surface area contributed by atoms with E-state index in [1.54, 1.807) is 0 Å². The van der Waals surface area contributed by atoms with Crippen molar-refractivity contribution in [1.29, 1.82) is 0 Å². The molecule has 0 atom stereocenters. The van der Waals surface area contributed by atoms with E-state index in [4.69, 9.17) is 0 Å². The van der Waals surface area contributed by atoms with Gasteiger partial charge in [0, 0.05) is 44.8 Å². The van der Waals surface area contributed by atoms with E-state index in [0.29, 0.717) is 0 Å². The van der Waals surface area contributed by atoms with Gasteiger partial charge in [0.2, 0.25) is 0 Å². The molecule has 0 saturated heterocycles. The van der Waals surface area contributed by atoms with Gasteiger partial charge in [-0.25, -0.2) is 5.43 Å². The number of hydrazine groups is 1. The standard InChI is InChI=1S/C13H17N3.Y/c1-3-11(4-2)15-13-12-8-6-5-7-10(12)9-14-16-13;/h5-8,11,14H,1-4,9H2,(H,15,16);/q-2;. The molecule has 89 valence electrons. The van der Waals surface area contributed by atoms with Crippen LogP contribution in [0, 0.1) is 13.8 Å². The third kappa shape index (κ3) is 3.60. The number of hydrogen-bond donors (Lipinski definition) is 2. The Labute approximate surface area is 128 Å². The normalized spacial score (nSPS) is 16.3. The Morgan fingerprint density at radius 3 is 2.65 bits per heavy atom. The number of benzene rings is 1. The minimum Gasteiger partial charge on any atom is -0.341 e. The summed E-state index contributed by atoms with van der Waals surface area (Å²) >= 11 is 0. The van der Waals surface area contributed by atoms with Crippen molar-refractivity contribution in [1.82, 2.24) is 10.9 Å². The van der Waals surface area contributed by atoms with Gasteiger partial charge in [-0.05, 0) is 11.6 Å². The van der Waals surface area contributed by atoms with Crippen LogP contribution < -0.4 is 10.9 Å². The molecule has 0 amide bonds. The molecule has 1 aliphatic rings. The fraction of sp³-hybridized carbons (Fsp3) is 0.308. The maximum atomic E-state index is 4.63. The number of rotatable bonds is 3. The van der Waals surface area contributed by atoms with E-state index < -0.39 is 0 Å². The van der Waals surface area contributed by atoms with Crippen LogP contribution in [0.1, 0.15) is 24.0 Å². The molecular formula is C13H17N3Y-2. The molecule has 0 aliphatic carbocycles. The number of aliphatic imine (C=N–C) groups is 1. The zero-order valence-corrected chi connectivity index (χ0v) is 12.8. The monoisotopic (exact) mass is 304 g/mol. The number of hydrogen-bond acceptors (Lipinski definition) is 2. The predicted octanol–water partition coefficient (Wildman–Crippen LogP) is 1.86. The molecule has 0 unspecified atom stereocenters. The maximum Gasteiger partial charge on any atom is 0.143 e. The SMILES string of the molecule is [CH2-]CC(C[CH2-])N=C1NNCc2ccccc21.[Y]. The number of nitrogens with zero attached hydrogens (tertiary/aromatic N) is 1. The van der Waals surface area contributed by atoms with Gasteiger partial charge in [-0.2, -0.15) is 12.8 Å². The van der Waals surface area contributed by atoms with E-state index in [2.05, 4.69) is 41.8 Å². The zero-order chi connectivity index (χ0) is 11.4. The number of amidine groups is 1. The van der Waals surface area contributed by atoms with Crippen molar-refractivity contribution in [3.63, 3.8) is 0 Å². The molecule has 1 aliphatic heterocycles. The Kier molecular flexibility index (Phi) is 6.31. The average molecular weight is 304 g/mol. The Morgan fingerprint density at radius 2 is 1.94 bits per heavy atom. The van der Waals surface area contributed by atoms with Gasteiger partial charge < -0.3 is 19.3 Å². The van der Waals surface area contributed by atoms with E-state index in [1.165, 1.54) is 11.1 Å². The summed E-state index contributed by atoms with van der Waals surface area (Å²) in [4.78, 5) is 4.63. The van der Waals surface area contributed by atoms with Gasteiger partial charge in [-0.3, -0.25) is 4.99 Å². The molecule has 1 aromatic carbocycles. The largest absolute Gasteiger partial charge is 0.341 e. The summed E-state index contributed by atoms with van der Waals surface area (Å²) in [5.74, 6) is 0.902. The first-order chi connectivity index (χ1) is 7.85. The van der Waals surface area contributed by atoms with E-state index in [9.17, 15) is 0 Å². The van der Waals surface area contributed by atoms with Gasteiger partial charge >= 0.3 is 0 Å². The van der Waals surface area contributed by atoms with Gasteiger partial charge in [-0.1, -0.05) is 24.3 Å². The van der Waals surface area contributed by atoms with Crippen molar-refractivity contribution in [3.05, 3.63) is 49.2 Å². The smallest absolute Gasteiger partial charge is 0.143 e. The van der Waals surface area contributed by atoms with E-state index >= 15 is 0 Å². The summed E-state index contributed by atoms with van der Waals surface area (Å²) in [5.41, 5.74) is 8.69. The maximum absolute atomic E-state index is 4.63. The van der Waals surface area contributed by atoms with Gasteiger partial charge in [0.15, 0.2) is 0 Å². The van der Waals surface area contributed by atoms with E-state index in [0.717, 1.165) is 25.2 Å². The Balaban J connectivity index is 0.00000144. The summed E-state index contributed by atoms with van der Waals surface area (Å²) < 4.78 is 0. The van der Waals surface area contributed by atoms with Crippen molar-refractivity contribution in [2.24, 2.45) is 4.99 Å². The molecule has 0 spiro atoms. The fourth-order valence-electron chi connectivity index (χ4n) is 1.75. The Morgan fingerprint density at radius 1 is 1.24 bits per heavy atom. The molecule has 2 N–H and O–H groups in total. The molecule has 0 fully saturated rings. The third-order valence-corrected chi connectivity index (χ3v) is 2.74. The Hall–Kier alpha value is -0.246. The molecular weight excluding hydrogens is 287 g/mol. The van der Waals surface area contributed by atoms with Crippen LogP contribution in [-0.2, 0) is 39.3 Å². The minimum atomic E-state index is 0. The first kappa shape index (κ1) is 14.8. The molecule has 0 bridgehead atoms. The molecule has 17 heavy (non-hydrogen) atoms. The molecule has 3 nitrogen and oxygen atoms in total. The van der Waals surface area contributed by atoms with Crippen molar-refractivity contribution >= 4 is 5.84 Å². The summed E-state index contributed by atoms with van der Waals surface area (Å²) in [6, 6.07) is 8.47. The van der Waals surface area contributed by atoms with Crippen molar-refractivity contribution in [2.75, 3.05) is 0 Å². The second-order valence-corrected chi connectivity index (χ2v) is 3.84. The quantitative estimate of drug-likeness (QED) is 0.836. The number of fused-ring (bicyclic) bond motifs is 1. The molecule has 2 rings (SSSR count). The van der Waals surface area contributed by atoms with E-state index in [1.807, 2.05) is 12.1 Å². The van der Waals surface area contributed by atoms with Crippen LogP contribution in [0.15, 0.2) is 29.3 Å². The molecule has 1 aromatic rings. The molecule has 4 heteroatoms. The first-order valence-corrected chi connectivity index (χ1v) is 5.58. The van der Waals surface area contributed by atoms with Crippen LogP contribution in [-0.4, -0.2) is 11.9 Å². The van der Waals surface area contributed by atoms with Crippen LogP contribution in [0.5, 0.6) is 0 Å². The molecule has 1 heterocycles. The van der Waals surface area contributed by atoms with Crippen LogP contribution in [0.25, 0.3) is 0 Å². The zero-order valence-electron chi connectivity index (χ0n) is 9.95. The molecule has 0 aromatic heterocycles. The van der Waals surface area contributed by atoms with Gasteiger partial charge in [-0.15, -0.1) is 0 Å². The average Bonchev–Trinajstić information content (AvgIpc) is 2.36. The fourth-order valence-corrected chi connectivity index (χ4v) is 1.75. The Bertz CT molecular complexity index is 386. The van der Waals surface area contributed by atoms with Crippen LogP contribution in [0.2, 0.25) is 0 Å². The second-order valence-electron chi connectivity index (χ2n) is 3.84. The van der Waals surface area contributed by atoms with Gasteiger partial charge in [0.25, 0.3) is 0 Å². The summed E-state index contributed by atoms with van der Waals surface area (Å²) in [6.07, 6.45) is 1.55. The van der Waals surface area contributed by atoms with Gasteiger partial charge in [0.1, 0.15) is 5.84 Å². The van der Waals surface area contributed by atoms with E-state index in [-0.39, 0.29) is 38.8 Å². The van der Waals surface area contributed by atoms with Crippen LogP contribution >= 0.6 is 0 Å². The molecule has 1 radical (unpaired) electrons. The summed E-state index contributed by atoms with van der Waals surface area (Å²) in [6.45, 7) is 8.59. The second kappa shape index (κ2) is 7.25. The predicted molar refractivity (Wildman–Crippen MR) is 66.7 cm³/mol. The molecule has 0 saturated carbocycles. The third-order valence-electron chi connectivity index (χ3n) is 2.74.